The lowest BCUT2D eigenvalue weighted by molar-refractivity contribution is -0.119. The number of nitrogens with zero attached hydrogens (tertiary/aromatic N) is 1. The van der Waals surface area contributed by atoms with Gasteiger partial charge in [0.05, 0.1) is 16.7 Å². The van der Waals surface area contributed by atoms with Gasteiger partial charge in [-0.15, -0.1) is 0 Å². The summed E-state index contributed by atoms with van der Waals surface area (Å²) in [6.07, 6.45) is 7.03. The van der Waals surface area contributed by atoms with E-state index in [-0.39, 0.29) is 17.3 Å². The zero-order valence-corrected chi connectivity index (χ0v) is 19.9. The van der Waals surface area contributed by atoms with Crippen LogP contribution in [0.5, 0.6) is 0 Å². The number of hydrogen-bond acceptors (Lipinski definition) is 4. The lowest BCUT2D eigenvalue weighted by atomic mass is 9.98. The molecule has 174 valence electrons. The number of sulfonamides is 1. The second-order valence-electron chi connectivity index (χ2n) is 8.45. The van der Waals surface area contributed by atoms with Crippen LogP contribution in [0.3, 0.4) is 0 Å². The van der Waals surface area contributed by atoms with Gasteiger partial charge in [-0.1, -0.05) is 55.2 Å². The van der Waals surface area contributed by atoms with Crippen molar-refractivity contribution in [1.29, 1.82) is 0 Å². The average molecular weight is 459 g/mol. The van der Waals surface area contributed by atoms with E-state index in [9.17, 15) is 13.2 Å². The van der Waals surface area contributed by atoms with E-state index in [0.29, 0.717) is 31.4 Å². The van der Waals surface area contributed by atoms with E-state index in [2.05, 4.69) is 5.32 Å². The molecule has 0 spiro atoms. The van der Waals surface area contributed by atoms with Gasteiger partial charge < -0.3 is 10.1 Å². The summed E-state index contributed by atoms with van der Waals surface area (Å²) in [7, 11) is -3.89. The maximum atomic E-state index is 13.4. The van der Waals surface area contributed by atoms with Crippen LogP contribution in [0.15, 0.2) is 53.4 Å². The Kier molecular flexibility index (Phi) is 8.70. The van der Waals surface area contributed by atoms with E-state index in [1.165, 1.54) is 23.6 Å². The Morgan fingerprint density at radius 2 is 1.72 bits per heavy atom. The van der Waals surface area contributed by atoms with Crippen molar-refractivity contribution in [2.75, 3.05) is 24.0 Å². The van der Waals surface area contributed by atoms with Crippen LogP contribution in [0.4, 0.5) is 5.69 Å². The van der Waals surface area contributed by atoms with Gasteiger partial charge in [0, 0.05) is 13.2 Å². The molecule has 0 atom stereocenters. The summed E-state index contributed by atoms with van der Waals surface area (Å²) in [5, 5.41) is 2.85. The van der Waals surface area contributed by atoms with Gasteiger partial charge in [-0.25, -0.2) is 8.42 Å². The number of carbonyl (C=O) groups is 1. The second kappa shape index (κ2) is 11.5. The molecule has 1 aliphatic carbocycles. The predicted octanol–water partition coefficient (Wildman–Crippen LogP) is 4.35. The average Bonchev–Trinajstić information content (AvgIpc) is 2.79. The van der Waals surface area contributed by atoms with Crippen molar-refractivity contribution in [3.8, 4) is 0 Å². The van der Waals surface area contributed by atoms with Gasteiger partial charge in [-0.3, -0.25) is 9.10 Å². The lowest BCUT2D eigenvalue weighted by Crippen LogP contribution is -2.41. The van der Waals surface area contributed by atoms with Crippen LogP contribution in [0, 0.1) is 13.8 Å². The Hall–Kier alpha value is -2.38. The van der Waals surface area contributed by atoms with Gasteiger partial charge >= 0.3 is 0 Å². The van der Waals surface area contributed by atoms with Crippen LogP contribution in [0.25, 0.3) is 0 Å². The maximum absolute atomic E-state index is 13.4. The number of para-hydroxylation sites is 1. The Bertz CT molecular complexity index is 983. The highest BCUT2D eigenvalue weighted by Gasteiger charge is 2.28. The van der Waals surface area contributed by atoms with Crippen LogP contribution in [0.2, 0.25) is 0 Å². The van der Waals surface area contributed by atoms with Gasteiger partial charge in [0.2, 0.25) is 5.91 Å². The zero-order valence-electron chi connectivity index (χ0n) is 19.0. The van der Waals surface area contributed by atoms with Crippen molar-refractivity contribution in [3.63, 3.8) is 0 Å². The topological polar surface area (TPSA) is 75.7 Å². The lowest BCUT2D eigenvalue weighted by Gasteiger charge is -2.25. The Morgan fingerprint density at radius 1 is 1.03 bits per heavy atom. The predicted molar refractivity (Wildman–Crippen MR) is 127 cm³/mol. The molecule has 3 rings (SSSR count). The molecule has 0 aromatic heterocycles. The number of carbonyl (C=O) groups excluding carboxylic acids is 1. The summed E-state index contributed by atoms with van der Waals surface area (Å²) in [6, 6.07) is 13.9. The molecular weight excluding hydrogens is 424 g/mol. The molecule has 0 aliphatic heterocycles. The van der Waals surface area contributed by atoms with Gasteiger partial charge in [0.1, 0.15) is 6.54 Å². The fourth-order valence-corrected chi connectivity index (χ4v) is 5.43. The number of amides is 1. The number of aryl methyl sites for hydroxylation is 2. The Labute approximate surface area is 192 Å². The number of nitrogens with one attached hydrogen (secondary N) is 1. The van der Waals surface area contributed by atoms with Crippen molar-refractivity contribution in [2.24, 2.45) is 0 Å². The van der Waals surface area contributed by atoms with Crippen molar-refractivity contribution in [2.45, 2.75) is 63.4 Å². The summed E-state index contributed by atoms with van der Waals surface area (Å²) in [5.74, 6) is -0.332. The van der Waals surface area contributed by atoms with Crippen LogP contribution in [-0.2, 0) is 19.6 Å². The van der Waals surface area contributed by atoms with Crippen molar-refractivity contribution >= 4 is 21.6 Å². The van der Waals surface area contributed by atoms with Gasteiger partial charge in [0.25, 0.3) is 10.0 Å². The minimum absolute atomic E-state index is 0.167. The number of benzene rings is 2. The third-order valence-corrected chi connectivity index (χ3v) is 7.60. The largest absolute Gasteiger partial charge is 0.378 e. The molecule has 0 bridgehead atoms. The SMILES string of the molecule is Cc1ccc(S(=O)(=O)N(CC(=O)NCCCOC2CCCCC2)c2ccccc2C)cc1. The Balaban J connectivity index is 1.63. The maximum Gasteiger partial charge on any atom is 0.264 e. The van der Waals surface area contributed by atoms with Crippen molar-refractivity contribution < 1.29 is 17.9 Å². The molecule has 2 aromatic rings. The molecule has 0 saturated heterocycles. The van der Waals surface area contributed by atoms with E-state index in [0.717, 1.165) is 24.0 Å². The van der Waals surface area contributed by atoms with Gasteiger partial charge in [-0.05, 0) is 56.9 Å². The van der Waals surface area contributed by atoms with Crippen LogP contribution in [-0.4, -0.2) is 40.1 Å². The first kappa shape index (κ1) is 24.3. The first-order valence-corrected chi connectivity index (χ1v) is 12.9. The van der Waals surface area contributed by atoms with Crippen molar-refractivity contribution in [1.82, 2.24) is 5.32 Å². The molecule has 7 heteroatoms. The third kappa shape index (κ3) is 6.56. The van der Waals surface area contributed by atoms with Crippen molar-refractivity contribution in [3.05, 3.63) is 59.7 Å². The molecule has 1 amide bonds. The molecule has 1 saturated carbocycles. The summed E-state index contributed by atoms with van der Waals surface area (Å²) in [5.41, 5.74) is 2.26. The third-order valence-electron chi connectivity index (χ3n) is 5.83. The number of ether oxygens (including phenoxy) is 1. The first-order valence-electron chi connectivity index (χ1n) is 11.4. The Morgan fingerprint density at radius 3 is 2.41 bits per heavy atom. The molecule has 1 fully saturated rings. The monoisotopic (exact) mass is 458 g/mol. The van der Waals surface area contributed by atoms with E-state index in [1.807, 2.05) is 26.0 Å². The summed E-state index contributed by atoms with van der Waals surface area (Å²) in [6.45, 7) is 4.53. The number of anilines is 1. The standard InChI is InChI=1S/C25H34N2O4S/c1-20-13-15-23(16-14-20)32(29,30)27(24-12-7-6-9-21(24)2)19-25(28)26-17-8-18-31-22-10-4-3-5-11-22/h6-7,9,12-16,22H,3-5,8,10-11,17-19H2,1-2H3,(H,26,28). The van der Waals surface area contributed by atoms with E-state index in [1.54, 1.807) is 36.4 Å². The molecule has 0 radical (unpaired) electrons. The molecule has 32 heavy (non-hydrogen) atoms. The minimum Gasteiger partial charge on any atom is -0.378 e. The molecular formula is C25H34N2O4S. The number of hydrogen-bond donors (Lipinski definition) is 1. The van der Waals surface area contributed by atoms with E-state index in [4.69, 9.17) is 4.74 Å². The molecule has 0 heterocycles. The van der Waals surface area contributed by atoms with Crippen LogP contribution in [0.1, 0.15) is 49.7 Å². The molecule has 1 aliphatic rings. The smallest absolute Gasteiger partial charge is 0.264 e. The first-order chi connectivity index (χ1) is 15.4. The second-order valence-corrected chi connectivity index (χ2v) is 10.3. The highest BCUT2D eigenvalue weighted by molar-refractivity contribution is 7.92. The summed E-state index contributed by atoms with van der Waals surface area (Å²) >= 11 is 0. The van der Waals surface area contributed by atoms with E-state index < -0.39 is 10.0 Å². The molecule has 2 aromatic carbocycles. The molecule has 1 N–H and O–H groups in total. The quantitative estimate of drug-likeness (QED) is 0.537. The highest BCUT2D eigenvalue weighted by Crippen LogP contribution is 2.26. The summed E-state index contributed by atoms with van der Waals surface area (Å²) < 4.78 is 33.9. The van der Waals surface area contributed by atoms with Gasteiger partial charge in [-0.2, -0.15) is 0 Å². The van der Waals surface area contributed by atoms with Crippen LogP contribution < -0.4 is 9.62 Å². The molecule has 0 unspecified atom stereocenters. The normalized spacial score (nSPS) is 14.8. The minimum atomic E-state index is -3.89. The van der Waals surface area contributed by atoms with E-state index >= 15 is 0 Å². The zero-order chi connectivity index (χ0) is 23.0. The fourth-order valence-electron chi connectivity index (χ4n) is 3.95. The summed E-state index contributed by atoms with van der Waals surface area (Å²) in [4.78, 5) is 12.8. The highest BCUT2D eigenvalue weighted by atomic mass is 32.2. The van der Waals surface area contributed by atoms with Crippen LogP contribution >= 0.6 is 0 Å². The van der Waals surface area contributed by atoms with Gasteiger partial charge in [0.15, 0.2) is 0 Å². The number of rotatable bonds is 10. The molecule has 6 nitrogen and oxygen atoms in total. The fraction of sp³-hybridized carbons (Fsp3) is 0.480.